The van der Waals surface area contributed by atoms with Crippen molar-refractivity contribution in [1.82, 2.24) is 29.1 Å². The number of nitrogens with zero attached hydrogens (tertiary/aromatic N) is 6. The Morgan fingerprint density at radius 2 is 0.768 bits per heavy atom. The number of fused-ring (bicyclic) bond motifs is 6. The molecule has 6 aromatic carbocycles. The minimum Gasteiger partial charge on any atom is -0.308 e. The predicted molar refractivity (Wildman–Crippen MR) is 228 cm³/mol. The quantitative estimate of drug-likeness (QED) is 0.172. The molecule has 0 aliphatic heterocycles. The van der Waals surface area contributed by atoms with E-state index in [1.54, 1.807) is 0 Å². The highest BCUT2D eigenvalue weighted by molar-refractivity contribution is 6.08. The smallest absolute Gasteiger partial charge is 0.160 e. The van der Waals surface area contributed by atoms with Crippen LogP contribution in [-0.2, 0) is 0 Å². The Morgan fingerprint density at radius 1 is 0.321 bits per heavy atom. The first-order valence-corrected chi connectivity index (χ1v) is 18.7. The molecule has 262 valence electrons. The van der Waals surface area contributed by atoms with E-state index >= 15 is 0 Å². The molecule has 0 bridgehead atoms. The Balaban J connectivity index is 1.19. The molecule has 56 heavy (non-hydrogen) atoms. The number of hydrogen-bond donors (Lipinski definition) is 0. The van der Waals surface area contributed by atoms with Crippen LogP contribution in [0.3, 0.4) is 0 Å². The predicted octanol–water partition coefficient (Wildman–Crippen LogP) is 12.1. The fourth-order valence-corrected chi connectivity index (χ4v) is 8.05. The van der Waals surface area contributed by atoms with Crippen molar-refractivity contribution in [1.29, 1.82) is 0 Å². The Morgan fingerprint density at radius 3 is 1.34 bits per heavy atom. The molecule has 0 fully saturated rings. The van der Waals surface area contributed by atoms with Gasteiger partial charge in [-0.15, -0.1) is 0 Å². The molecule has 6 nitrogen and oxygen atoms in total. The van der Waals surface area contributed by atoms with Gasteiger partial charge in [-0.05, 0) is 71.8 Å². The lowest BCUT2D eigenvalue weighted by Crippen LogP contribution is -2.02. The Bertz CT molecular complexity index is 3000. The van der Waals surface area contributed by atoms with Crippen LogP contribution in [0.1, 0.15) is 0 Å². The maximum Gasteiger partial charge on any atom is 0.160 e. The Labute approximate surface area is 322 Å². The summed E-state index contributed by atoms with van der Waals surface area (Å²) in [6.07, 6.45) is 3.73. The van der Waals surface area contributed by atoms with Gasteiger partial charge in [0.2, 0.25) is 0 Å². The molecule has 11 aromatic rings. The second-order valence-corrected chi connectivity index (χ2v) is 14.0. The van der Waals surface area contributed by atoms with Crippen molar-refractivity contribution in [2.45, 2.75) is 0 Å². The molecular formula is C50H32N6. The molecule has 0 N–H and O–H groups in total. The first-order valence-electron chi connectivity index (χ1n) is 18.7. The van der Waals surface area contributed by atoms with Gasteiger partial charge >= 0.3 is 0 Å². The highest BCUT2D eigenvalue weighted by Crippen LogP contribution is 2.38. The number of aromatic nitrogens is 6. The van der Waals surface area contributed by atoms with Crippen molar-refractivity contribution in [3.05, 3.63) is 194 Å². The second kappa shape index (κ2) is 13.0. The van der Waals surface area contributed by atoms with Crippen molar-refractivity contribution >= 4 is 43.9 Å². The topological polar surface area (TPSA) is 61.4 Å². The zero-order chi connectivity index (χ0) is 37.0. The van der Waals surface area contributed by atoms with Crippen molar-refractivity contribution in [3.63, 3.8) is 0 Å². The summed E-state index contributed by atoms with van der Waals surface area (Å²) in [7, 11) is 0. The lowest BCUT2D eigenvalue weighted by Gasteiger charge is -2.16. The van der Waals surface area contributed by atoms with Crippen molar-refractivity contribution in [2.75, 3.05) is 0 Å². The minimum absolute atomic E-state index is 0.666. The van der Waals surface area contributed by atoms with Gasteiger partial charge in [-0.1, -0.05) is 121 Å². The Kier molecular flexibility index (Phi) is 7.38. The summed E-state index contributed by atoms with van der Waals surface area (Å²) >= 11 is 0. The summed E-state index contributed by atoms with van der Waals surface area (Å²) in [6, 6.07) is 63.5. The molecule has 11 rings (SSSR count). The van der Waals surface area contributed by atoms with E-state index in [1.165, 1.54) is 5.56 Å². The minimum atomic E-state index is 0.666. The largest absolute Gasteiger partial charge is 0.308 e. The number of para-hydroxylation sites is 2. The maximum absolute atomic E-state index is 5.30. The lowest BCUT2D eigenvalue weighted by atomic mass is 10.0. The van der Waals surface area contributed by atoms with E-state index < -0.39 is 0 Å². The molecule has 0 saturated carbocycles. The van der Waals surface area contributed by atoms with Crippen LogP contribution in [0.4, 0.5) is 0 Å². The zero-order valence-electron chi connectivity index (χ0n) is 30.2. The van der Waals surface area contributed by atoms with Gasteiger partial charge in [0.25, 0.3) is 0 Å². The summed E-state index contributed by atoms with van der Waals surface area (Å²) in [4.78, 5) is 20.2. The van der Waals surface area contributed by atoms with E-state index in [0.29, 0.717) is 5.82 Å². The lowest BCUT2D eigenvalue weighted by molar-refractivity contribution is 1.12. The van der Waals surface area contributed by atoms with Crippen LogP contribution in [0.5, 0.6) is 0 Å². The van der Waals surface area contributed by atoms with E-state index in [4.69, 9.17) is 19.9 Å². The molecule has 0 spiro atoms. The highest BCUT2D eigenvalue weighted by Gasteiger charge is 2.19. The van der Waals surface area contributed by atoms with Gasteiger partial charge in [0, 0.05) is 51.2 Å². The number of hydrogen-bond acceptors (Lipinski definition) is 4. The molecule has 0 radical (unpaired) electrons. The molecule has 6 heteroatoms. The van der Waals surface area contributed by atoms with Crippen LogP contribution in [0, 0.1) is 0 Å². The van der Waals surface area contributed by atoms with E-state index in [2.05, 4.69) is 155 Å². The average molecular weight is 717 g/mol. The maximum atomic E-state index is 5.30. The summed E-state index contributed by atoms with van der Waals surface area (Å²) in [5, 5.41) is 2.21. The molecule has 0 aliphatic rings. The summed E-state index contributed by atoms with van der Waals surface area (Å²) in [6.45, 7) is 0. The number of pyridine rings is 2. The molecular weight excluding hydrogens is 685 g/mol. The van der Waals surface area contributed by atoms with Crippen LogP contribution in [-0.4, -0.2) is 29.1 Å². The molecule has 0 aliphatic carbocycles. The second-order valence-electron chi connectivity index (χ2n) is 14.0. The van der Waals surface area contributed by atoms with Crippen molar-refractivity contribution in [2.24, 2.45) is 0 Å². The summed E-state index contributed by atoms with van der Waals surface area (Å²) in [5.74, 6) is 0.666. The average Bonchev–Trinajstić information content (AvgIpc) is 3.80. The fourth-order valence-electron chi connectivity index (χ4n) is 8.05. The molecule has 5 aromatic heterocycles. The summed E-state index contributed by atoms with van der Waals surface area (Å²) in [5.41, 5.74) is 15.1. The number of benzene rings is 6. The molecule has 5 heterocycles. The van der Waals surface area contributed by atoms with E-state index in [-0.39, 0.29) is 0 Å². The molecule has 0 atom stereocenters. The third-order valence-electron chi connectivity index (χ3n) is 10.6. The first-order chi connectivity index (χ1) is 27.8. The first kappa shape index (κ1) is 31.8. The van der Waals surface area contributed by atoms with Crippen LogP contribution < -0.4 is 0 Å². The van der Waals surface area contributed by atoms with Gasteiger partial charge in [-0.3, -0.25) is 9.97 Å². The van der Waals surface area contributed by atoms with E-state index in [0.717, 1.165) is 88.9 Å². The van der Waals surface area contributed by atoms with Crippen molar-refractivity contribution < 1.29 is 0 Å². The molecule has 0 unspecified atom stereocenters. The van der Waals surface area contributed by atoms with Crippen LogP contribution in [0.15, 0.2) is 194 Å². The van der Waals surface area contributed by atoms with Gasteiger partial charge in [0.1, 0.15) is 0 Å². The molecule has 0 amide bonds. The highest BCUT2D eigenvalue weighted by atomic mass is 15.0. The third kappa shape index (κ3) is 5.27. The van der Waals surface area contributed by atoms with Gasteiger partial charge in [0.05, 0.1) is 44.5 Å². The van der Waals surface area contributed by atoms with E-state index in [1.807, 2.05) is 48.8 Å². The van der Waals surface area contributed by atoms with Crippen LogP contribution in [0.25, 0.3) is 100 Å². The third-order valence-corrected chi connectivity index (χ3v) is 10.6. The van der Waals surface area contributed by atoms with Gasteiger partial charge < -0.3 is 9.13 Å². The van der Waals surface area contributed by atoms with Crippen molar-refractivity contribution in [3.8, 4) is 56.4 Å². The van der Waals surface area contributed by atoms with E-state index in [9.17, 15) is 0 Å². The van der Waals surface area contributed by atoms with Gasteiger partial charge in [-0.25, -0.2) is 9.97 Å². The SMILES string of the molecule is c1ccc(-c2ccc(-c3cc(-c4cc(-n5c6ccccc6c6ncccc65)cc(-n5c6ccccc6c6ncccc65)c4)nc(-c4ccccc4)n3)cc2)cc1. The standard InChI is InChI=1S/C50H32N6/c1-3-13-33(14-4-1)34-23-25-35(26-24-34)42-32-43(54-50(53-42)36-15-5-2-6-16-36)37-29-38(55-44-19-9-7-17-40(44)48-46(55)21-11-27-51-48)31-39(30-37)56-45-20-10-8-18-41(45)49-47(56)22-12-28-52-49/h1-32H. The number of rotatable bonds is 6. The van der Waals surface area contributed by atoms with Crippen LogP contribution >= 0.6 is 0 Å². The molecule has 0 saturated heterocycles. The van der Waals surface area contributed by atoms with Gasteiger partial charge in [-0.2, -0.15) is 0 Å². The normalized spacial score (nSPS) is 11.6. The Hall–Kier alpha value is -7.70. The summed E-state index contributed by atoms with van der Waals surface area (Å²) < 4.78 is 4.64. The zero-order valence-corrected chi connectivity index (χ0v) is 30.2. The monoisotopic (exact) mass is 716 g/mol. The van der Waals surface area contributed by atoms with Crippen LogP contribution in [0.2, 0.25) is 0 Å². The van der Waals surface area contributed by atoms with Gasteiger partial charge in [0.15, 0.2) is 5.82 Å². The fraction of sp³-hybridized carbons (Fsp3) is 0.